The third kappa shape index (κ3) is 4.77. The second-order valence-corrected chi connectivity index (χ2v) is 8.89. The summed E-state index contributed by atoms with van der Waals surface area (Å²) in [5.74, 6) is 1.22. The van der Waals surface area contributed by atoms with Crippen LogP contribution in [0.2, 0.25) is 0 Å². The standard InChI is InChI=1S/C21H20BrNO3S2/c1-4-25-18-10-14(8-9-17(18)26-13(2)3)11-19-20(24)23(21(27)28-19)16-7-5-6-15(22)12-16/h5-13H,4H2,1-3H3/b19-11+. The number of anilines is 1. The van der Waals surface area contributed by atoms with Gasteiger partial charge in [-0.2, -0.15) is 0 Å². The molecule has 1 fully saturated rings. The minimum atomic E-state index is -0.131. The predicted molar refractivity (Wildman–Crippen MR) is 123 cm³/mol. The Bertz CT molecular complexity index is 943. The van der Waals surface area contributed by atoms with Crippen LogP contribution in [0, 0.1) is 0 Å². The van der Waals surface area contributed by atoms with Crippen molar-refractivity contribution in [3.63, 3.8) is 0 Å². The lowest BCUT2D eigenvalue weighted by atomic mass is 10.1. The molecule has 0 N–H and O–H groups in total. The first-order chi connectivity index (χ1) is 13.4. The van der Waals surface area contributed by atoms with E-state index in [9.17, 15) is 4.79 Å². The summed E-state index contributed by atoms with van der Waals surface area (Å²) < 4.78 is 12.9. The molecule has 2 aromatic rings. The Morgan fingerprint density at radius 3 is 2.68 bits per heavy atom. The average molecular weight is 478 g/mol. The molecule has 0 spiro atoms. The fourth-order valence-corrected chi connectivity index (χ4v) is 4.38. The summed E-state index contributed by atoms with van der Waals surface area (Å²) >= 11 is 10.2. The van der Waals surface area contributed by atoms with E-state index in [1.807, 2.05) is 69.3 Å². The maximum absolute atomic E-state index is 12.9. The van der Waals surface area contributed by atoms with Gasteiger partial charge in [0.25, 0.3) is 5.91 Å². The van der Waals surface area contributed by atoms with Crippen LogP contribution in [0.4, 0.5) is 5.69 Å². The van der Waals surface area contributed by atoms with Crippen molar-refractivity contribution in [3.8, 4) is 11.5 Å². The van der Waals surface area contributed by atoms with E-state index in [2.05, 4.69) is 15.9 Å². The molecule has 0 unspecified atom stereocenters. The SMILES string of the molecule is CCOc1cc(/C=C2/SC(=S)N(c3cccc(Br)c3)C2=O)ccc1OC(C)C. The fraction of sp³-hybridized carbons (Fsp3) is 0.238. The quantitative estimate of drug-likeness (QED) is 0.374. The van der Waals surface area contributed by atoms with Crippen molar-refractivity contribution in [2.45, 2.75) is 26.9 Å². The largest absolute Gasteiger partial charge is 0.490 e. The minimum absolute atomic E-state index is 0.0477. The van der Waals surface area contributed by atoms with Crippen LogP contribution in [0.1, 0.15) is 26.3 Å². The molecule has 0 bridgehead atoms. The molecule has 7 heteroatoms. The van der Waals surface area contributed by atoms with Crippen molar-refractivity contribution in [2.24, 2.45) is 0 Å². The van der Waals surface area contributed by atoms with Crippen molar-refractivity contribution in [2.75, 3.05) is 11.5 Å². The molecule has 3 rings (SSSR count). The van der Waals surface area contributed by atoms with Crippen LogP contribution in [0.25, 0.3) is 6.08 Å². The van der Waals surface area contributed by atoms with Gasteiger partial charge in [0.05, 0.1) is 23.3 Å². The van der Waals surface area contributed by atoms with Crippen molar-refractivity contribution in [1.82, 2.24) is 0 Å². The van der Waals surface area contributed by atoms with Gasteiger partial charge in [0, 0.05) is 4.47 Å². The molecule has 28 heavy (non-hydrogen) atoms. The van der Waals surface area contributed by atoms with E-state index in [-0.39, 0.29) is 12.0 Å². The molecule has 4 nitrogen and oxygen atoms in total. The summed E-state index contributed by atoms with van der Waals surface area (Å²) in [5, 5.41) is 0. The molecule has 0 radical (unpaired) electrons. The molecule has 0 saturated carbocycles. The lowest BCUT2D eigenvalue weighted by Gasteiger charge is -2.15. The highest BCUT2D eigenvalue weighted by Gasteiger charge is 2.33. The number of thiocarbonyl (C=S) groups is 1. The number of benzene rings is 2. The third-order valence-corrected chi connectivity index (χ3v) is 5.58. The molecule has 1 saturated heterocycles. The van der Waals surface area contributed by atoms with Gasteiger partial charge < -0.3 is 9.47 Å². The number of carbonyl (C=O) groups is 1. The van der Waals surface area contributed by atoms with Crippen LogP contribution in [0.3, 0.4) is 0 Å². The van der Waals surface area contributed by atoms with Crippen molar-refractivity contribution in [1.29, 1.82) is 0 Å². The van der Waals surface area contributed by atoms with Crippen molar-refractivity contribution in [3.05, 3.63) is 57.4 Å². The van der Waals surface area contributed by atoms with E-state index in [1.165, 1.54) is 11.8 Å². The van der Waals surface area contributed by atoms with E-state index in [1.54, 1.807) is 4.90 Å². The summed E-state index contributed by atoms with van der Waals surface area (Å²) in [7, 11) is 0. The lowest BCUT2D eigenvalue weighted by Crippen LogP contribution is -2.27. The van der Waals surface area contributed by atoms with Crippen LogP contribution in [-0.4, -0.2) is 22.9 Å². The van der Waals surface area contributed by atoms with E-state index >= 15 is 0 Å². The minimum Gasteiger partial charge on any atom is -0.490 e. The van der Waals surface area contributed by atoms with Crippen LogP contribution in [0.15, 0.2) is 51.8 Å². The topological polar surface area (TPSA) is 38.8 Å². The number of amides is 1. The number of thioether (sulfide) groups is 1. The maximum Gasteiger partial charge on any atom is 0.270 e. The van der Waals surface area contributed by atoms with Crippen LogP contribution >= 0.6 is 39.9 Å². The van der Waals surface area contributed by atoms with E-state index in [0.717, 1.165) is 15.7 Å². The number of nitrogens with zero attached hydrogens (tertiary/aromatic N) is 1. The van der Waals surface area contributed by atoms with Crippen LogP contribution in [-0.2, 0) is 4.79 Å². The van der Waals surface area contributed by atoms with Crippen LogP contribution in [0.5, 0.6) is 11.5 Å². The molecule has 146 valence electrons. The van der Waals surface area contributed by atoms with Gasteiger partial charge in [-0.3, -0.25) is 9.69 Å². The van der Waals surface area contributed by atoms with Gasteiger partial charge >= 0.3 is 0 Å². The highest BCUT2D eigenvalue weighted by atomic mass is 79.9. The number of hydrogen-bond acceptors (Lipinski definition) is 5. The smallest absolute Gasteiger partial charge is 0.270 e. The number of halogens is 1. The zero-order chi connectivity index (χ0) is 20.3. The van der Waals surface area contributed by atoms with Gasteiger partial charge in [-0.05, 0) is 62.7 Å². The Kier molecular flexibility index (Phi) is 6.80. The zero-order valence-corrected chi connectivity index (χ0v) is 19.0. The lowest BCUT2D eigenvalue weighted by molar-refractivity contribution is -0.113. The Morgan fingerprint density at radius 2 is 2.00 bits per heavy atom. The molecular weight excluding hydrogens is 458 g/mol. The van der Waals surface area contributed by atoms with Crippen molar-refractivity contribution < 1.29 is 14.3 Å². The highest BCUT2D eigenvalue weighted by molar-refractivity contribution is 9.10. The van der Waals surface area contributed by atoms with E-state index in [0.29, 0.717) is 27.3 Å². The van der Waals surface area contributed by atoms with E-state index in [4.69, 9.17) is 21.7 Å². The summed E-state index contributed by atoms with van der Waals surface area (Å²) in [6.07, 6.45) is 1.88. The van der Waals surface area contributed by atoms with Gasteiger partial charge in [0.2, 0.25) is 0 Å². The number of ether oxygens (including phenoxy) is 2. The van der Waals surface area contributed by atoms with Crippen LogP contribution < -0.4 is 14.4 Å². The Labute approximate surface area is 183 Å². The second-order valence-electron chi connectivity index (χ2n) is 6.30. The first-order valence-corrected chi connectivity index (χ1v) is 10.9. The average Bonchev–Trinajstić information content (AvgIpc) is 2.90. The third-order valence-electron chi connectivity index (χ3n) is 3.79. The molecule has 1 aliphatic heterocycles. The normalized spacial score (nSPS) is 15.6. The molecule has 1 aliphatic rings. The van der Waals surface area contributed by atoms with Gasteiger partial charge in [0.15, 0.2) is 15.8 Å². The summed E-state index contributed by atoms with van der Waals surface area (Å²) in [5.41, 5.74) is 1.60. The number of carbonyl (C=O) groups excluding carboxylic acids is 1. The number of hydrogen-bond donors (Lipinski definition) is 0. The first-order valence-electron chi connectivity index (χ1n) is 8.86. The predicted octanol–water partition coefficient (Wildman–Crippen LogP) is 6.04. The van der Waals surface area contributed by atoms with Gasteiger partial charge in [-0.15, -0.1) is 0 Å². The monoisotopic (exact) mass is 477 g/mol. The molecule has 0 atom stereocenters. The van der Waals surface area contributed by atoms with E-state index < -0.39 is 0 Å². The Balaban J connectivity index is 1.90. The summed E-state index contributed by atoms with van der Waals surface area (Å²) in [6, 6.07) is 13.2. The Morgan fingerprint density at radius 1 is 1.21 bits per heavy atom. The molecule has 2 aromatic carbocycles. The fourth-order valence-electron chi connectivity index (χ4n) is 2.69. The molecule has 1 amide bonds. The van der Waals surface area contributed by atoms with Crippen molar-refractivity contribution >= 4 is 61.9 Å². The molecular formula is C21H20BrNO3S2. The second kappa shape index (κ2) is 9.11. The van der Waals surface area contributed by atoms with Gasteiger partial charge in [0.1, 0.15) is 0 Å². The molecule has 0 aromatic heterocycles. The first kappa shape index (κ1) is 20.9. The zero-order valence-electron chi connectivity index (χ0n) is 15.8. The summed E-state index contributed by atoms with van der Waals surface area (Å²) in [4.78, 5) is 15.1. The van der Waals surface area contributed by atoms with Gasteiger partial charge in [-0.1, -0.05) is 52.0 Å². The van der Waals surface area contributed by atoms with Gasteiger partial charge in [-0.25, -0.2) is 0 Å². The summed E-state index contributed by atoms with van der Waals surface area (Å²) in [6.45, 7) is 6.39. The molecule has 1 heterocycles. The Hall–Kier alpha value is -1.83. The molecule has 0 aliphatic carbocycles. The maximum atomic E-state index is 12.9. The number of rotatable bonds is 6. The highest BCUT2D eigenvalue weighted by Crippen LogP contribution is 2.38.